The second-order valence-corrected chi connectivity index (χ2v) is 8.09. The molecule has 1 aliphatic rings. The fourth-order valence-corrected chi connectivity index (χ4v) is 4.10. The van der Waals surface area contributed by atoms with E-state index >= 15 is 0 Å². The second kappa shape index (κ2) is 10.0. The second-order valence-electron chi connectivity index (χ2n) is 8.09. The molecule has 0 radical (unpaired) electrons. The largest absolute Gasteiger partial charge is 0.367 e. The topological polar surface area (TPSA) is 87.5 Å². The smallest absolute Gasteiger partial charge is 0.312 e. The van der Waals surface area contributed by atoms with Crippen LogP contribution in [0.25, 0.3) is 0 Å². The third-order valence-corrected chi connectivity index (χ3v) is 5.76. The van der Waals surface area contributed by atoms with E-state index in [1.807, 2.05) is 42.5 Å². The Morgan fingerprint density at radius 1 is 0.875 bits per heavy atom. The van der Waals surface area contributed by atoms with Gasteiger partial charge in [-0.05, 0) is 34.7 Å². The van der Waals surface area contributed by atoms with Crippen molar-refractivity contribution >= 4 is 17.6 Å². The summed E-state index contributed by atoms with van der Waals surface area (Å²) in [5, 5.41) is 5.45. The number of anilines is 1. The highest BCUT2D eigenvalue weighted by atomic mass is 16.2. The lowest BCUT2D eigenvalue weighted by Crippen LogP contribution is -2.49. The summed E-state index contributed by atoms with van der Waals surface area (Å²) in [6, 6.07) is 24.9. The predicted octanol–water partition coefficient (Wildman–Crippen LogP) is 3.15. The van der Waals surface area contributed by atoms with E-state index in [9.17, 15) is 9.59 Å². The van der Waals surface area contributed by atoms with E-state index in [0.717, 1.165) is 30.6 Å². The van der Waals surface area contributed by atoms with Crippen molar-refractivity contribution in [3.63, 3.8) is 0 Å². The summed E-state index contributed by atoms with van der Waals surface area (Å²) in [6.07, 6.45) is 1.47. The number of carbonyl (C=O) groups excluding carboxylic acids is 2. The van der Waals surface area contributed by atoms with Gasteiger partial charge < -0.3 is 21.3 Å². The van der Waals surface area contributed by atoms with Crippen LogP contribution in [0.2, 0.25) is 0 Å². The van der Waals surface area contributed by atoms with Gasteiger partial charge in [-0.15, -0.1) is 0 Å². The summed E-state index contributed by atoms with van der Waals surface area (Å²) in [7, 11) is 0. The Kier molecular flexibility index (Phi) is 6.70. The van der Waals surface area contributed by atoms with Crippen LogP contribution in [0.4, 0.5) is 10.5 Å². The molecule has 1 heterocycles. The van der Waals surface area contributed by atoms with Gasteiger partial charge in [-0.2, -0.15) is 0 Å². The van der Waals surface area contributed by atoms with Crippen molar-refractivity contribution in [1.82, 2.24) is 10.6 Å². The average molecular weight is 429 g/mol. The fourth-order valence-electron chi connectivity index (χ4n) is 4.10. The molecule has 0 bridgehead atoms. The number of fused-ring (bicyclic) bond motifs is 1. The number of primary amides is 1. The van der Waals surface area contributed by atoms with E-state index in [0.29, 0.717) is 13.0 Å². The lowest BCUT2D eigenvalue weighted by molar-refractivity contribution is -0.123. The molecule has 1 atom stereocenters. The van der Waals surface area contributed by atoms with E-state index in [4.69, 9.17) is 5.73 Å². The van der Waals surface area contributed by atoms with Crippen LogP contribution in [0.3, 0.4) is 0 Å². The molecule has 4 N–H and O–H groups in total. The molecule has 164 valence electrons. The van der Waals surface area contributed by atoms with Crippen molar-refractivity contribution in [3.05, 3.63) is 101 Å². The van der Waals surface area contributed by atoms with Crippen LogP contribution in [0.1, 0.15) is 22.3 Å². The van der Waals surface area contributed by atoms with Gasteiger partial charge in [0.05, 0.1) is 0 Å². The average Bonchev–Trinajstić information content (AvgIpc) is 3.21. The number of benzene rings is 3. The van der Waals surface area contributed by atoms with Crippen molar-refractivity contribution < 1.29 is 9.59 Å². The molecular formula is C26H28N4O2. The minimum absolute atomic E-state index is 0.259. The highest BCUT2D eigenvalue weighted by molar-refractivity contribution is 5.86. The number of hydrogen-bond donors (Lipinski definition) is 3. The molecule has 6 nitrogen and oxygen atoms in total. The summed E-state index contributed by atoms with van der Waals surface area (Å²) >= 11 is 0. The number of nitrogens with zero attached hydrogens (tertiary/aromatic N) is 1. The molecule has 32 heavy (non-hydrogen) atoms. The molecule has 0 spiro atoms. The van der Waals surface area contributed by atoms with Crippen LogP contribution >= 0.6 is 0 Å². The maximum absolute atomic E-state index is 12.7. The number of carbonyl (C=O) groups is 2. The van der Waals surface area contributed by atoms with Crippen molar-refractivity contribution in [1.29, 1.82) is 0 Å². The Morgan fingerprint density at radius 2 is 1.56 bits per heavy atom. The van der Waals surface area contributed by atoms with Gasteiger partial charge in [-0.1, -0.05) is 72.8 Å². The zero-order chi connectivity index (χ0) is 22.3. The molecule has 0 saturated carbocycles. The number of nitrogens with two attached hydrogens (primary N) is 1. The number of nitrogens with one attached hydrogen (secondary N) is 2. The molecule has 4 rings (SSSR count). The number of rotatable bonds is 8. The van der Waals surface area contributed by atoms with Crippen molar-refractivity contribution in [2.24, 2.45) is 5.73 Å². The van der Waals surface area contributed by atoms with Crippen LogP contribution in [-0.4, -0.2) is 24.5 Å². The highest BCUT2D eigenvalue weighted by Gasteiger charge is 2.20. The first-order chi connectivity index (χ1) is 15.6. The lowest BCUT2D eigenvalue weighted by atomic mass is 10.1. The van der Waals surface area contributed by atoms with Crippen LogP contribution in [0, 0.1) is 0 Å². The number of hydrogen-bond acceptors (Lipinski definition) is 3. The van der Waals surface area contributed by atoms with Crippen LogP contribution < -0.4 is 21.3 Å². The molecule has 3 aromatic carbocycles. The van der Waals surface area contributed by atoms with Crippen molar-refractivity contribution in [2.45, 2.75) is 32.0 Å². The zero-order valence-electron chi connectivity index (χ0n) is 18.0. The van der Waals surface area contributed by atoms with E-state index in [-0.39, 0.29) is 5.91 Å². The van der Waals surface area contributed by atoms with Gasteiger partial charge >= 0.3 is 6.03 Å². The van der Waals surface area contributed by atoms with Gasteiger partial charge in [0.25, 0.3) is 0 Å². The Morgan fingerprint density at radius 3 is 2.31 bits per heavy atom. The van der Waals surface area contributed by atoms with Crippen molar-refractivity contribution in [3.8, 4) is 0 Å². The summed E-state index contributed by atoms with van der Waals surface area (Å²) < 4.78 is 0. The minimum atomic E-state index is -0.718. The van der Waals surface area contributed by atoms with Crippen LogP contribution in [0.5, 0.6) is 0 Å². The normalized spacial score (nSPS) is 13.3. The molecular weight excluding hydrogens is 400 g/mol. The first kappa shape index (κ1) is 21.4. The molecule has 3 amide bonds. The lowest BCUT2D eigenvalue weighted by Gasteiger charge is -2.20. The van der Waals surface area contributed by atoms with Gasteiger partial charge in [-0.25, -0.2) is 4.79 Å². The van der Waals surface area contributed by atoms with Crippen LogP contribution in [-0.2, 0) is 30.7 Å². The fraction of sp³-hybridized carbons (Fsp3) is 0.231. The molecule has 1 aliphatic heterocycles. The maximum atomic E-state index is 12.7. The molecule has 3 aromatic rings. The van der Waals surface area contributed by atoms with Crippen molar-refractivity contribution in [2.75, 3.05) is 11.4 Å². The van der Waals surface area contributed by atoms with E-state index in [1.54, 1.807) is 0 Å². The first-order valence-corrected chi connectivity index (χ1v) is 10.9. The Labute approximate surface area is 188 Å². The van der Waals surface area contributed by atoms with Gasteiger partial charge in [0.2, 0.25) is 5.91 Å². The summed E-state index contributed by atoms with van der Waals surface area (Å²) in [5.41, 5.74) is 11.2. The van der Waals surface area contributed by atoms with Gasteiger partial charge in [0.1, 0.15) is 6.04 Å². The number of para-hydroxylation sites is 1. The van der Waals surface area contributed by atoms with Gasteiger partial charge in [0.15, 0.2) is 0 Å². The monoisotopic (exact) mass is 428 g/mol. The zero-order valence-corrected chi connectivity index (χ0v) is 18.0. The third kappa shape index (κ3) is 5.46. The highest BCUT2D eigenvalue weighted by Crippen LogP contribution is 2.28. The summed E-state index contributed by atoms with van der Waals surface area (Å²) in [4.78, 5) is 26.4. The molecule has 0 fully saturated rings. The minimum Gasteiger partial charge on any atom is -0.367 e. The first-order valence-electron chi connectivity index (χ1n) is 10.9. The SMILES string of the molecule is NC(=O)NC(Cc1ccccc1)C(=O)NCc1ccc(CN2CCc3ccccc32)cc1. The van der Waals surface area contributed by atoms with E-state index in [1.165, 1.54) is 16.8 Å². The van der Waals surface area contributed by atoms with Crippen LogP contribution in [0.15, 0.2) is 78.9 Å². The van der Waals surface area contributed by atoms with E-state index < -0.39 is 12.1 Å². The maximum Gasteiger partial charge on any atom is 0.312 e. The molecule has 0 saturated heterocycles. The molecule has 6 heteroatoms. The van der Waals surface area contributed by atoms with Gasteiger partial charge in [0, 0.05) is 31.7 Å². The molecule has 0 aromatic heterocycles. The molecule has 1 unspecified atom stereocenters. The predicted molar refractivity (Wildman–Crippen MR) is 126 cm³/mol. The summed E-state index contributed by atoms with van der Waals surface area (Å²) in [5.74, 6) is -0.259. The Balaban J connectivity index is 1.32. The molecule has 0 aliphatic carbocycles. The van der Waals surface area contributed by atoms with Gasteiger partial charge in [-0.3, -0.25) is 4.79 Å². The third-order valence-electron chi connectivity index (χ3n) is 5.76. The quantitative estimate of drug-likeness (QED) is 0.515. The standard InChI is InChI=1S/C26H28N4O2/c27-26(32)29-23(16-19-6-2-1-3-7-19)25(31)28-17-20-10-12-21(13-11-20)18-30-15-14-22-8-4-5-9-24(22)30/h1-13,23H,14-18H2,(H,28,31)(H3,27,29,32). The Bertz CT molecular complexity index is 1070. The number of urea groups is 1. The summed E-state index contributed by atoms with van der Waals surface area (Å²) in [6.45, 7) is 2.29. The van der Waals surface area contributed by atoms with E-state index in [2.05, 4.69) is 51.9 Å². The Hall–Kier alpha value is -3.80. The number of amides is 3.